The van der Waals surface area contributed by atoms with Gasteiger partial charge < -0.3 is 10.2 Å². The molecule has 2 rings (SSSR count). The molecule has 0 bridgehead atoms. The van der Waals surface area contributed by atoms with Gasteiger partial charge in [-0.15, -0.1) is 22.0 Å². The van der Waals surface area contributed by atoms with Crippen LogP contribution in [0.25, 0.3) is 0 Å². The van der Waals surface area contributed by atoms with Crippen LogP contribution < -0.4 is 5.73 Å². The quantitative estimate of drug-likeness (QED) is 0.675. The number of halogens is 1. The van der Waals surface area contributed by atoms with Crippen LogP contribution in [-0.4, -0.2) is 10.2 Å². The zero-order chi connectivity index (χ0) is 14.0. The van der Waals surface area contributed by atoms with Crippen molar-refractivity contribution in [2.24, 2.45) is 0 Å². The van der Waals surface area contributed by atoms with E-state index in [-0.39, 0.29) is 5.41 Å². The van der Waals surface area contributed by atoms with Crippen LogP contribution in [0.3, 0.4) is 0 Å². The van der Waals surface area contributed by atoms with Gasteiger partial charge in [-0.25, -0.2) is 0 Å². The van der Waals surface area contributed by atoms with Gasteiger partial charge in [0.1, 0.15) is 0 Å². The maximum Gasteiger partial charge on any atom is 0.226 e. The Labute approximate surface area is 125 Å². The number of nitrogens with zero attached hydrogens (tertiary/aromatic N) is 2. The minimum absolute atomic E-state index is 0.120. The fourth-order valence-corrected chi connectivity index (χ4v) is 2.74. The summed E-state index contributed by atoms with van der Waals surface area (Å²) in [6.07, 6.45) is 0. The molecule has 0 fully saturated rings. The molecule has 0 aliphatic heterocycles. The Kier molecular flexibility index (Phi) is 4.20. The normalized spacial score (nSPS) is 11.8. The Hall–Kier alpha value is -1.01. The monoisotopic (exact) mass is 341 g/mol. The van der Waals surface area contributed by atoms with Gasteiger partial charge in [0.15, 0.2) is 0 Å². The van der Waals surface area contributed by atoms with Gasteiger partial charge in [0.25, 0.3) is 0 Å². The summed E-state index contributed by atoms with van der Waals surface area (Å²) in [5, 5.41) is 8.13. The molecule has 19 heavy (non-hydrogen) atoms. The highest BCUT2D eigenvalue weighted by molar-refractivity contribution is 9.10. The number of hydrogen-bond acceptors (Lipinski definition) is 5. The van der Waals surface area contributed by atoms with E-state index in [1.807, 2.05) is 39.0 Å². The molecule has 1 aromatic heterocycles. The minimum Gasteiger partial charge on any atom is -0.424 e. The maximum absolute atomic E-state index is 5.92. The van der Waals surface area contributed by atoms with Crippen LogP contribution in [0.1, 0.15) is 32.6 Å². The van der Waals surface area contributed by atoms with Crippen LogP contribution >= 0.6 is 27.7 Å². The molecule has 0 unspecified atom stereocenters. The lowest BCUT2D eigenvalue weighted by molar-refractivity contribution is 0.378. The van der Waals surface area contributed by atoms with E-state index in [4.69, 9.17) is 10.2 Å². The zero-order valence-corrected chi connectivity index (χ0v) is 13.5. The smallest absolute Gasteiger partial charge is 0.226 e. The van der Waals surface area contributed by atoms with Gasteiger partial charge in [0, 0.05) is 20.5 Å². The van der Waals surface area contributed by atoms with Crippen LogP contribution in [0.2, 0.25) is 0 Å². The van der Waals surface area contributed by atoms with Crippen LogP contribution in [0.4, 0.5) is 5.69 Å². The van der Waals surface area contributed by atoms with E-state index in [0.717, 1.165) is 15.1 Å². The first-order valence-corrected chi connectivity index (χ1v) is 7.65. The molecule has 102 valence electrons. The summed E-state index contributed by atoms with van der Waals surface area (Å²) < 4.78 is 6.65. The molecule has 2 aromatic rings. The first kappa shape index (κ1) is 14.4. The van der Waals surface area contributed by atoms with Crippen molar-refractivity contribution in [1.82, 2.24) is 10.2 Å². The maximum atomic E-state index is 5.92. The van der Waals surface area contributed by atoms with E-state index < -0.39 is 0 Å². The third-order valence-electron chi connectivity index (χ3n) is 2.44. The first-order chi connectivity index (χ1) is 8.86. The second-order valence-electron chi connectivity index (χ2n) is 5.22. The zero-order valence-electron chi connectivity index (χ0n) is 11.1. The lowest BCUT2D eigenvalue weighted by atomic mass is 9.97. The van der Waals surface area contributed by atoms with Crippen LogP contribution in [-0.2, 0) is 11.2 Å². The van der Waals surface area contributed by atoms with E-state index in [2.05, 4.69) is 26.1 Å². The number of nitrogen functional groups attached to an aromatic ring is 1. The predicted octanol–water partition coefficient (Wildman–Crippen LogP) is 4.00. The van der Waals surface area contributed by atoms with E-state index in [9.17, 15) is 0 Å². The van der Waals surface area contributed by atoms with Gasteiger partial charge in [-0.3, -0.25) is 0 Å². The van der Waals surface area contributed by atoms with Crippen molar-refractivity contribution in [2.45, 2.75) is 36.8 Å². The molecular weight excluding hydrogens is 326 g/mol. The average molecular weight is 342 g/mol. The molecule has 0 saturated carbocycles. The van der Waals surface area contributed by atoms with Crippen molar-refractivity contribution in [3.05, 3.63) is 34.5 Å². The van der Waals surface area contributed by atoms with Gasteiger partial charge in [0.2, 0.25) is 11.8 Å². The third-order valence-corrected chi connectivity index (χ3v) is 3.98. The number of hydrogen-bond donors (Lipinski definition) is 1. The molecule has 6 heteroatoms. The molecule has 0 atom stereocenters. The standard InChI is InChI=1S/C13H16BrN3OS/c1-13(2,3)12-17-16-11(18-12)7-19-10-6-8(14)4-5-9(10)15/h4-6H,7,15H2,1-3H3. The number of aromatic nitrogens is 2. The molecule has 0 saturated heterocycles. The molecule has 4 nitrogen and oxygen atoms in total. The van der Waals surface area contributed by atoms with Crippen molar-refractivity contribution in [3.63, 3.8) is 0 Å². The summed E-state index contributed by atoms with van der Waals surface area (Å²) in [5.74, 6) is 1.89. The van der Waals surface area contributed by atoms with Gasteiger partial charge in [0.05, 0.1) is 5.75 Å². The molecule has 0 radical (unpaired) electrons. The summed E-state index contributed by atoms with van der Waals surface area (Å²) in [7, 11) is 0. The molecule has 1 heterocycles. The Morgan fingerprint density at radius 3 is 2.68 bits per heavy atom. The highest BCUT2D eigenvalue weighted by Gasteiger charge is 2.21. The number of anilines is 1. The fourth-order valence-electron chi connectivity index (χ4n) is 1.39. The highest BCUT2D eigenvalue weighted by Crippen LogP contribution is 2.31. The van der Waals surface area contributed by atoms with Gasteiger partial charge in [-0.05, 0) is 18.2 Å². The number of thioether (sulfide) groups is 1. The fraction of sp³-hybridized carbons (Fsp3) is 0.385. The SMILES string of the molecule is CC(C)(C)c1nnc(CSc2cc(Br)ccc2N)o1. The molecule has 0 aliphatic carbocycles. The molecule has 0 amide bonds. The summed E-state index contributed by atoms with van der Waals surface area (Å²) in [4.78, 5) is 1.00. The van der Waals surface area contributed by atoms with Crippen molar-refractivity contribution in [1.29, 1.82) is 0 Å². The predicted molar refractivity (Wildman–Crippen MR) is 81.1 cm³/mol. The highest BCUT2D eigenvalue weighted by atomic mass is 79.9. The summed E-state index contributed by atoms with van der Waals surface area (Å²) in [6, 6.07) is 5.78. The van der Waals surface area contributed by atoms with E-state index in [1.54, 1.807) is 11.8 Å². The topological polar surface area (TPSA) is 64.9 Å². The lowest BCUT2D eigenvalue weighted by Crippen LogP contribution is -2.11. The molecule has 0 aliphatic rings. The number of nitrogens with two attached hydrogens (primary N) is 1. The van der Waals surface area contributed by atoms with E-state index in [1.165, 1.54) is 0 Å². The molecule has 0 spiro atoms. The first-order valence-electron chi connectivity index (χ1n) is 5.87. The van der Waals surface area contributed by atoms with Crippen molar-refractivity contribution >= 4 is 33.4 Å². The number of benzene rings is 1. The Bertz CT molecular complexity index is 578. The van der Waals surface area contributed by atoms with E-state index >= 15 is 0 Å². The second kappa shape index (κ2) is 5.54. The number of rotatable bonds is 3. The van der Waals surface area contributed by atoms with Gasteiger partial charge in [-0.1, -0.05) is 36.7 Å². The lowest BCUT2D eigenvalue weighted by Gasteiger charge is -2.11. The van der Waals surface area contributed by atoms with Gasteiger partial charge >= 0.3 is 0 Å². The minimum atomic E-state index is -0.120. The average Bonchev–Trinajstić information content (AvgIpc) is 2.79. The molecule has 1 aromatic carbocycles. The molecule has 2 N–H and O–H groups in total. The van der Waals surface area contributed by atoms with Crippen molar-refractivity contribution < 1.29 is 4.42 Å². The Balaban J connectivity index is 2.06. The summed E-state index contributed by atoms with van der Waals surface area (Å²) in [5.41, 5.74) is 6.55. The summed E-state index contributed by atoms with van der Waals surface area (Å²) >= 11 is 5.02. The Morgan fingerprint density at radius 2 is 2.05 bits per heavy atom. The largest absolute Gasteiger partial charge is 0.424 e. The van der Waals surface area contributed by atoms with Crippen LogP contribution in [0, 0.1) is 0 Å². The summed E-state index contributed by atoms with van der Waals surface area (Å²) in [6.45, 7) is 6.14. The van der Waals surface area contributed by atoms with Crippen LogP contribution in [0.15, 0.2) is 32.0 Å². The van der Waals surface area contributed by atoms with E-state index in [0.29, 0.717) is 17.5 Å². The Morgan fingerprint density at radius 1 is 1.32 bits per heavy atom. The molecular formula is C13H16BrN3OS. The van der Waals surface area contributed by atoms with Crippen LogP contribution in [0.5, 0.6) is 0 Å². The van der Waals surface area contributed by atoms with Gasteiger partial charge in [-0.2, -0.15) is 0 Å². The van der Waals surface area contributed by atoms with Crippen molar-refractivity contribution in [3.8, 4) is 0 Å². The van der Waals surface area contributed by atoms with Crippen molar-refractivity contribution in [2.75, 3.05) is 5.73 Å². The third kappa shape index (κ3) is 3.73. The second-order valence-corrected chi connectivity index (χ2v) is 7.15.